The number of fused-ring (bicyclic) bond motifs is 1. The molecule has 0 aliphatic heterocycles. The molecule has 0 radical (unpaired) electrons. The number of halogens is 1. The van der Waals surface area contributed by atoms with Gasteiger partial charge in [-0.1, -0.05) is 24.3 Å². The Labute approximate surface area is 183 Å². The SMILES string of the molecule is CCNC(=NCCc1nc2ccccc2[nH]1)N(C)Cc1ccc(OC)cc1.I. The Morgan fingerprint density at radius 2 is 1.93 bits per heavy atom. The molecule has 0 atom stereocenters. The number of aromatic nitrogens is 2. The Morgan fingerprint density at radius 1 is 1.18 bits per heavy atom. The average Bonchev–Trinajstić information content (AvgIpc) is 3.10. The van der Waals surface area contributed by atoms with Crippen LogP contribution in [-0.4, -0.2) is 48.1 Å². The van der Waals surface area contributed by atoms with Gasteiger partial charge in [0.15, 0.2) is 5.96 Å². The van der Waals surface area contributed by atoms with Crippen LogP contribution in [0.5, 0.6) is 5.75 Å². The molecule has 0 saturated carbocycles. The summed E-state index contributed by atoms with van der Waals surface area (Å²) in [5.74, 6) is 2.73. The lowest BCUT2D eigenvalue weighted by Crippen LogP contribution is -2.38. The molecular formula is C21H28IN5O. The van der Waals surface area contributed by atoms with Crippen LogP contribution in [-0.2, 0) is 13.0 Å². The molecule has 0 aliphatic carbocycles. The summed E-state index contributed by atoms with van der Waals surface area (Å²) >= 11 is 0. The second-order valence-electron chi connectivity index (χ2n) is 6.39. The van der Waals surface area contributed by atoms with Gasteiger partial charge in [0.1, 0.15) is 11.6 Å². The third kappa shape index (κ3) is 5.85. The third-order valence-electron chi connectivity index (χ3n) is 4.32. The smallest absolute Gasteiger partial charge is 0.193 e. The van der Waals surface area contributed by atoms with Gasteiger partial charge in [-0.2, -0.15) is 0 Å². The highest BCUT2D eigenvalue weighted by Crippen LogP contribution is 2.13. The molecule has 7 heteroatoms. The summed E-state index contributed by atoms with van der Waals surface area (Å²) in [7, 11) is 3.73. The van der Waals surface area contributed by atoms with Crippen LogP contribution in [0.1, 0.15) is 18.3 Å². The number of hydrogen-bond donors (Lipinski definition) is 2. The molecule has 1 heterocycles. The van der Waals surface area contributed by atoms with Crippen LogP contribution in [0.25, 0.3) is 11.0 Å². The molecule has 28 heavy (non-hydrogen) atoms. The van der Waals surface area contributed by atoms with Gasteiger partial charge in [-0.15, -0.1) is 24.0 Å². The van der Waals surface area contributed by atoms with Gasteiger partial charge in [0.2, 0.25) is 0 Å². The van der Waals surface area contributed by atoms with E-state index in [4.69, 9.17) is 9.73 Å². The first kappa shape index (κ1) is 22.0. The fourth-order valence-electron chi connectivity index (χ4n) is 2.94. The molecule has 3 aromatic rings. The summed E-state index contributed by atoms with van der Waals surface area (Å²) in [4.78, 5) is 14.9. The zero-order valence-corrected chi connectivity index (χ0v) is 18.9. The van der Waals surface area contributed by atoms with Gasteiger partial charge in [0.25, 0.3) is 0 Å². The van der Waals surface area contributed by atoms with E-state index in [2.05, 4.69) is 39.2 Å². The van der Waals surface area contributed by atoms with E-state index in [0.29, 0.717) is 6.54 Å². The minimum Gasteiger partial charge on any atom is -0.497 e. The molecule has 2 aromatic carbocycles. The second kappa shape index (κ2) is 10.9. The maximum Gasteiger partial charge on any atom is 0.193 e. The van der Waals surface area contributed by atoms with Gasteiger partial charge in [-0.25, -0.2) is 4.98 Å². The Kier molecular flexibility index (Phi) is 8.56. The number of guanidine groups is 1. The Morgan fingerprint density at radius 3 is 2.61 bits per heavy atom. The third-order valence-corrected chi connectivity index (χ3v) is 4.32. The summed E-state index contributed by atoms with van der Waals surface area (Å²) in [6, 6.07) is 16.2. The minimum atomic E-state index is 0. The van der Waals surface area contributed by atoms with Crippen molar-refractivity contribution in [1.29, 1.82) is 0 Å². The number of para-hydroxylation sites is 2. The maximum absolute atomic E-state index is 5.22. The summed E-state index contributed by atoms with van der Waals surface area (Å²) in [5.41, 5.74) is 3.28. The number of imidazole rings is 1. The maximum atomic E-state index is 5.22. The Balaban J connectivity index is 0.00000280. The predicted molar refractivity (Wildman–Crippen MR) is 126 cm³/mol. The number of H-pyrrole nitrogens is 1. The molecule has 0 bridgehead atoms. The Bertz CT molecular complexity index is 858. The van der Waals surface area contributed by atoms with E-state index in [1.807, 2.05) is 43.4 Å². The molecule has 0 spiro atoms. The molecule has 6 nitrogen and oxygen atoms in total. The van der Waals surface area contributed by atoms with Crippen LogP contribution >= 0.6 is 24.0 Å². The highest BCUT2D eigenvalue weighted by Gasteiger charge is 2.07. The van der Waals surface area contributed by atoms with Crippen molar-refractivity contribution in [2.24, 2.45) is 4.99 Å². The van der Waals surface area contributed by atoms with Crippen molar-refractivity contribution in [3.63, 3.8) is 0 Å². The first-order chi connectivity index (χ1) is 13.2. The van der Waals surface area contributed by atoms with E-state index in [1.165, 1.54) is 5.56 Å². The molecule has 0 aliphatic rings. The zero-order valence-electron chi connectivity index (χ0n) is 16.6. The number of aromatic amines is 1. The summed E-state index contributed by atoms with van der Waals surface area (Å²) in [6.45, 7) is 4.36. The topological polar surface area (TPSA) is 65.5 Å². The van der Waals surface area contributed by atoms with E-state index in [0.717, 1.165) is 48.1 Å². The lowest BCUT2D eigenvalue weighted by molar-refractivity contribution is 0.414. The van der Waals surface area contributed by atoms with Gasteiger partial charge in [-0.05, 0) is 36.8 Å². The molecule has 0 fully saturated rings. The lowest BCUT2D eigenvalue weighted by Gasteiger charge is -2.22. The van der Waals surface area contributed by atoms with Crippen molar-refractivity contribution in [2.75, 3.05) is 27.2 Å². The van der Waals surface area contributed by atoms with Gasteiger partial charge in [0, 0.05) is 33.1 Å². The molecule has 150 valence electrons. The number of nitrogens with one attached hydrogen (secondary N) is 2. The fourth-order valence-corrected chi connectivity index (χ4v) is 2.94. The number of benzene rings is 2. The number of ether oxygens (including phenoxy) is 1. The van der Waals surface area contributed by atoms with E-state index in [9.17, 15) is 0 Å². The molecule has 1 aromatic heterocycles. The number of hydrogen-bond acceptors (Lipinski definition) is 3. The van der Waals surface area contributed by atoms with E-state index in [1.54, 1.807) is 7.11 Å². The number of methoxy groups -OCH3 is 1. The normalized spacial score (nSPS) is 11.2. The summed E-state index contributed by atoms with van der Waals surface area (Å²) in [5, 5.41) is 3.36. The standard InChI is InChI=1S/C21H27N5O.HI/c1-4-22-21(26(2)15-16-9-11-17(27-3)12-10-16)23-14-13-20-24-18-7-5-6-8-19(18)25-20;/h5-12H,4,13-15H2,1-3H3,(H,22,23)(H,24,25);1H. The molecule has 3 rings (SSSR count). The number of rotatable bonds is 7. The van der Waals surface area contributed by atoms with Crippen LogP contribution in [0.4, 0.5) is 0 Å². The molecule has 0 amide bonds. The lowest BCUT2D eigenvalue weighted by atomic mass is 10.2. The summed E-state index contributed by atoms with van der Waals surface area (Å²) in [6.07, 6.45) is 0.778. The Hall–Kier alpha value is -2.29. The molecular weight excluding hydrogens is 465 g/mol. The van der Waals surface area contributed by atoms with Crippen molar-refractivity contribution in [3.8, 4) is 5.75 Å². The number of nitrogens with zero attached hydrogens (tertiary/aromatic N) is 3. The van der Waals surface area contributed by atoms with Crippen molar-refractivity contribution in [2.45, 2.75) is 19.9 Å². The van der Waals surface area contributed by atoms with Crippen molar-refractivity contribution in [1.82, 2.24) is 20.2 Å². The molecule has 0 unspecified atom stereocenters. The van der Waals surface area contributed by atoms with Crippen LogP contribution in [0, 0.1) is 0 Å². The van der Waals surface area contributed by atoms with Crippen LogP contribution in [0.15, 0.2) is 53.5 Å². The zero-order chi connectivity index (χ0) is 19.1. The first-order valence-electron chi connectivity index (χ1n) is 9.25. The predicted octanol–water partition coefficient (Wildman–Crippen LogP) is 3.83. The number of aliphatic imine (C=N–C) groups is 1. The van der Waals surface area contributed by atoms with E-state index < -0.39 is 0 Å². The van der Waals surface area contributed by atoms with Crippen LogP contribution in [0.2, 0.25) is 0 Å². The van der Waals surface area contributed by atoms with Gasteiger partial charge in [0.05, 0.1) is 18.1 Å². The average molecular weight is 493 g/mol. The highest BCUT2D eigenvalue weighted by atomic mass is 127. The summed E-state index contributed by atoms with van der Waals surface area (Å²) < 4.78 is 5.22. The first-order valence-corrected chi connectivity index (χ1v) is 9.25. The molecule has 0 saturated heterocycles. The van der Waals surface area contributed by atoms with Gasteiger partial charge >= 0.3 is 0 Å². The fraction of sp³-hybridized carbons (Fsp3) is 0.333. The van der Waals surface area contributed by atoms with Crippen molar-refractivity contribution in [3.05, 3.63) is 59.9 Å². The van der Waals surface area contributed by atoms with Gasteiger partial charge < -0.3 is 19.9 Å². The van der Waals surface area contributed by atoms with E-state index in [-0.39, 0.29) is 24.0 Å². The largest absolute Gasteiger partial charge is 0.497 e. The van der Waals surface area contributed by atoms with Crippen molar-refractivity contribution < 1.29 is 4.74 Å². The van der Waals surface area contributed by atoms with Crippen LogP contribution in [0.3, 0.4) is 0 Å². The quantitative estimate of drug-likeness (QED) is 0.299. The van der Waals surface area contributed by atoms with E-state index >= 15 is 0 Å². The van der Waals surface area contributed by atoms with Crippen LogP contribution < -0.4 is 10.1 Å². The monoisotopic (exact) mass is 493 g/mol. The molecule has 2 N–H and O–H groups in total. The highest BCUT2D eigenvalue weighted by molar-refractivity contribution is 14.0. The second-order valence-corrected chi connectivity index (χ2v) is 6.39. The minimum absolute atomic E-state index is 0. The van der Waals surface area contributed by atoms with Gasteiger partial charge in [-0.3, -0.25) is 4.99 Å². The van der Waals surface area contributed by atoms with Crippen molar-refractivity contribution >= 4 is 41.0 Å².